The first-order valence-corrected chi connectivity index (χ1v) is 7.13. The molecule has 0 aliphatic heterocycles. The number of aryl methyl sites for hydroxylation is 1. The molecule has 7 heteroatoms. The zero-order valence-electron chi connectivity index (χ0n) is 10.6. The summed E-state index contributed by atoms with van der Waals surface area (Å²) in [6.45, 7) is 2.67. The van der Waals surface area contributed by atoms with Crippen LogP contribution in [0.15, 0.2) is 35.2 Å². The molecule has 3 aromatic rings. The Balaban J connectivity index is 1.80. The Hall–Kier alpha value is -1.92. The summed E-state index contributed by atoms with van der Waals surface area (Å²) < 4.78 is 5.90. The first-order chi connectivity index (χ1) is 9.72. The minimum Gasteiger partial charge on any atom is -0.423 e. The second-order valence-corrected chi connectivity index (χ2v) is 5.93. The van der Waals surface area contributed by atoms with Crippen LogP contribution in [0.3, 0.4) is 0 Å². The Kier molecular flexibility index (Phi) is 3.66. The van der Waals surface area contributed by atoms with E-state index in [1.807, 2.05) is 25.1 Å². The van der Waals surface area contributed by atoms with E-state index < -0.39 is 0 Å². The van der Waals surface area contributed by atoms with E-state index in [1.54, 1.807) is 6.20 Å². The average molecular weight is 307 g/mol. The Morgan fingerprint density at radius 3 is 3.00 bits per heavy atom. The summed E-state index contributed by atoms with van der Waals surface area (Å²) in [4.78, 5) is 4.22. The third-order valence-corrected chi connectivity index (χ3v) is 3.91. The highest BCUT2D eigenvalue weighted by Crippen LogP contribution is 2.25. The molecule has 0 saturated carbocycles. The summed E-state index contributed by atoms with van der Waals surface area (Å²) in [5.74, 6) is 0.505. The minimum atomic E-state index is 0.505. The lowest BCUT2D eigenvalue weighted by atomic mass is 10.1. The van der Waals surface area contributed by atoms with E-state index in [0.717, 1.165) is 21.8 Å². The van der Waals surface area contributed by atoms with E-state index in [0.29, 0.717) is 16.8 Å². The van der Waals surface area contributed by atoms with Crippen LogP contribution in [0.25, 0.3) is 11.5 Å². The highest BCUT2D eigenvalue weighted by Gasteiger charge is 2.07. The molecule has 102 valence electrons. The maximum Gasteiger partial charge on any atom is 0.247 e. The fraction of sp³-hybridized carbons (Fsp3) is 0.154. The van der Waals surface area contributed by atoms with Crippen LogP contribution in [-0.2, 0) is 6.54 Å². The van der Waals surface area contributed by atoms with Gasteiger partial charge in [-0.15, -0.1) is 21.5 Å². The lowest BCUT2D eigenvalue weighted by Gasteiger charge is -2.09. The molecule has 0 aliphatic carbocycles. The number of nitrogens with zero attached hydrogens (tertiary/aromatic N) is 3. The molecule has 2 aromatic heterocycles. The number of anilines is 1. The first kappa shape index (κ1) is 13.1. The SMILES string of the molecule is Cc1ccc(-c2nnco2)cc1NCc1ncc(Cl)s1. The van der Waals surface area contributed by atoms with E-state index in [9.17, 15) is 0 Å². The van der Waals surface area contributed by atoms with Crippen LogP contribution in [0.4, 0.5) is 5.69 Å². The van der Waals surface area contributed by atoms with Crippen LogP contribution < -0.4 is 5.32 Å². The molecule has 0 atom stereocenters. The van der Waals surface area contributed by atoms with E-state index in [2.05, 4.69) is 20.5 Å². The Morgan fingerprint density at radius 1 is 1.40 bits per heavy atom. The lowest BCUT2D eigenvalue weighted by molar-refractivity contribution is 0.568. The highest BCUT2D eigenvalue weighted by molar-refractivity contribution is 7.15. The van der Waals surface area contributed by atoms with Crippen LogP contribution in [0.2, 0.25) is 4.34 Å². The Bertz CT molecular complexity index is 711. The summed E-state index contributed by atoms with van der Waals surface area (Å²) in [5, 5.41) is 11.9. The number of rotatable bonds is 4. The zero-order valence-corrected chi connectivity index (χ0v) is 12.2. The van der Waals surface area contributed by atoms with E-state index in [1.165, 1.54) is 17.7 Å². The van der Waals surface area contributed by atoms with Gasteiger partial charge in [-0.1, -0.05) is 17.7 Å². The van der Waals surface area contributed by atoms with Crippen LogP contribution in [0, 0.1) is 6.92 Å². The van der Waals surface area contributed by atoms with Crippen molar-refractivity contribution in [3.63, 3.8) is 0 Å². The number of benzene rings is 1. The van der Waals surface area contributed by atoms with Crippen molar-refractivity contribution in [3.8, 4) is 11.5 Å². The van der Waals surface area contributed by atoms with Crippen molar-refractivity contribution in [2.75, 3.05) is 5.32 Å². The second-order valence-electron chi connectivity index (χ2n) is 4.19. The predicted molar refractivity (Wildman–Crippen MR) is 78.9 cm³/mol. The van der Waals surface area contributed by atoms with Crippen LogP contribution >= 0.6 is 22.9 Å². The summed E-state index contributed by atoms with van der Waals surface area (Å²) in [6, 6.07) is 5.95. The van der Waals surface area contributed by atoms with Gasteiger partial charge in [-0.3, -0.25) is 0 Å². The van der Waals surface area contributed by atoms with Gasteiger partial charge in [0.2, 0.25) is 12.3 Å². The van der Waals surface area contributed by atoms with E-state index in [4.69, 9.17) is 16.0 Å². The number of aromatic nitrogens is 3. The summed E-state index contributed by atoms with van der Waals surface area (Å²) in [6.07, 6.45) is 2.98. The molecule has 0 amide bonds. The lowest BCUT2D eigenvalue weighted by Crippen LogP contribution is -2.00. The largest absolute Gasteiger partial charge is 0.423 e. The highest BCUT2D eigenvalue weighted by atomic mass is 35.5. The molecule has 0 saturated heterocycles. The van der Waals surface area contributed by atoms with Gasteiger partial charge in [-0.2, -0.15) is 0 Å². The van der Waals surface area contributed by atoms with Crippen molar-refractivity contribution < 1.29 is 4.42 Å². The topological polar surface area (TPSA) is 63.8 Å². The van der Waals surface area contributed by atoms with Gasteiger partial charge in [-0.05, 0) is 24.6 Å². The van der Waals surface area contributed by atoms with Crippen molar-refractivity contribution >= 4 is 28.6 Å². The standard InChI is InChI=1S/C13H11ClN4OS/c1-8-2-3-9(13-18-17-7-19-13)4-10(8)15-6-12-16-5-11(14)20-12/h2-5,7,15H,6H2,1H3. The number of hydrogen-bond acceptors (Lipinski definition) is 6. The molecular weight excluding hydrogens is 296 g/mol. The fourth-order valence-corrected chi connectivity index (χ4v) is 2.68. The number of halogens is 1. The smallest absolute Gasteiger partial charge is 0.247 e. The maximum absolute atomic E-state index is 5.87. The van der Waals surface area contributed by atoms with Crippen LogP contribution in [0.1, 0.15) is 10.6 Å². The molecule has 1 N–H and O–H groups in total. The van der Waals surface area contributed by atoms with E-state index >= 15 is 0 Å². The van der Waals surface area contributed by atoms with Crippen molar-refractivity contribution in [1.29, 1.82) is 0 Å². The number of nitrogens with one attached hydrogen (secondary N) is 1. The molecule has 0 radical (unpaired) electrons. The predicted octanol–water partition coefficient (Wildman–Crippen LogP) is 3.77. The van der Waals surface area contributed by atoms with Gasteiger partial charge in [0, 0.05) is 11.3 Å². The van der Waals surface area contributed by atoms with Gasteiger partial charge in [0.25, 0.3) is 0 Å². The summed E-state index contributed by atoms with van der Waals surface area (Å²) >= 11 is 7.33. The molecule has 0 bridgehead atoms. The molecular formula is C13H11ClN4OS. The Morgan fingerprint density at radius 2 is 2.30 bits per heavy atom. The molecule has 20 heavy (non-hydrogen) atoms. The summed E-state index contributed by atoms with van der Waals surface area (Å²) in [7, 11) is 0. The van der Waals surface area contributed by atoms with Crippen molar-refractivity contribution in [1.82, 2.24) is 15.2 Å². The maximum atomic E-state index is 5.87. The first-order valence-electron chi connectivity index (χ1n) is 5.93. The molecule has 0 fully saturated rings. The third-order valence-electron chi connectivity index (χ3n) is 2.80. The normalized spacial score (nSPS) is 10.7. The summed E-state index contributed by atoms with van der Waals surface area (Å²) in [5.41, 5.74) is 3.02. The number of thiazole rings is 1. The average Bonchev–Trinajstić information content (AvgIpc) is 3.09. The Labute approximate surface area is 124 Å². The van der Waals surface area contributed by atoms with Gasteiger partial charge < -0.3 is 9.73 Å². The molecule has 3 rings (SSSR count). The molecule has 0 spiro atoms. The number of hydrogen-bond donors (Lipinski definition) is 1. The van der Waals surface area contributed by atoms with Crippen molar-refractivity contribution in [3.05, 3.63) is 45.7 Å². The molecule has 1 aromatic carbocycles. The minimum absolute atomic E-state index is 0.505. The van der Waals surface area contributed by atoms with Gasteiger partial charge >= 0.3 is 0 Å². The molecule has 5 nitrogen and oxygen atoms in total. The molecule has 0 unspecified atom stereocenters. The second kappa shape index (κ2) is 5.60. The van der Waals surface area contributed by atoms with Gasteiger partial charge in [0.15, 0.2) is 0 Å². The van der Waals surface area contributed by atoms with Crippen LogP contribution in [-0.4, -0.2) is 15.2 Å². The monoisotopic (exact) mass is 306 g/mol. The quantitative estimate of drug-likeness (QED) is 0.795. The van der Waals surface area contributed by atoms with Gasteiger partial charge in [-0.25, -0.2) is 4.98 Å². The van der Waals surface area contributed by atoms with Gasteiger partial charge in [0.1, 0.15) is 9.34 Å². The van der Waals surface area contributed by atoms with Crippen molar-refractivity contribution in [2.45, 2.75) is 13.5 Å². The molecule has 2 heterocycles. The van der Waals surface area contributed by atoms with Crippen LogP contribution in [0.5, 0.6) is 0 Å². The third kappa shape index (κ3) is 2.81. The fourth-order valence-electron chi connectivity index (χ4n) is 1.78. The zero-order chi connectivity index (χ0) is 13.9. The van der Waals surface area contributed by atoms with Gasteiger partial charge in [0.05, 0.1) is 12.7 Å². The molecule has 0 aliphatic rings. The van der Waals surface area contributed by atoms with Crippen molar-refractivity contribution in [2.24, 2.45) is 0 Å². The van der Waals surface area contributed by atoms with E-state index in [-0.39, 0.29) is 0 Å².